The van der Waals surface area contributed by atoms with Gasteiger partial charge in [0.15, 0.2) is 29.4 Å². The van der Waals surface area contributed by atoms with Crippen LogP contribution in [0.5, 0.6) is 0 Å². The van der Waals surface area contributed by atoms with Crippen LogP contribution in [0.4, 0.5) is 8.78 Å². The number of allylic oxidation sites excluding steroid dienone is 4. The average Bonchev–Trinajstić information content (AvgIpc) is 3.16. The minimum Gasteiger partial charge on any atom is -0.458 e. The lowest BCUT2D eigenvalue weighted by Gasteiger charge is -2.63. The first-order valence-electron chi connectivity index (χ1n) is 12.1. The Morgan fingerprint density at radius 1 is 1.20 bits per heavy atom. The monoisotopic (exact) mass is 494 g/mol. The van der Waals surface area contributed by atoms with Gasteiger partial charge in [0.05, 0.1) is 12.2 Å². The Bertz CT molecular complexity index is 1070. The van der Waals surface area contributed by atoms with Crippen molar-refractivity contribution >= 4 is 17.5 Å². The molecule has 35 heavy (non-hydrogen) atoms. The number of aliphatic hydroxyl groups is 1. The lowest BCUT2D eigenvalue weighted by Crippen LogP contribution is -2.71. The summed E-state index contributed by atoms with van der Waals surface area (Å²) in [5, 5.41) is 11.5. The minimum absolute atomic E-state index is 0.0406. The van der Waals surface area contributed by atoms with Gasteiger partial charge in [0.2, 0.25) is 5.78 Å². The molecule has 0 bridgehead atoms. The molecule has 1 N–H and O–H groups in total. The first kappa shape index (κ1) is 24.7. The van der Waals surface area contributed by atoms with E-state index in [-0.39, 0.29) is 24.8 Å². The Kier molecular flexibility index (Phi) is 5.15. The third-order valence-electron chi connectivity index (χ3n) is 9.44. The van der Waals surface area contributed by atoms with Crippen LogP contribution >= 0.6 is 0 Å². The molecule has 4 fully saturated rings. The Hall–Kier alpha value is -1.97. The number of hydrogen-bond donors (Lipinski definition) is 1. The Morgan fingerprint density at radius 2 is 1.89 bits per heavy atom. The van der Waals surface area contributed by atoms with Crippen molar-refractivity contribution in [3.8, 4) is 0 Å². The van der Waals surface area contributed by atoms with Crippen molar-refractivity contribution in [3.63, 3.8) is 0 Å². The number of carbonyl (C=O) groups excluding carboxylic acids is 3. The highest BCUT2D eigenvalue weighted by Gasteiger charge is 2.80. The summed E-state index contributed by atoms with van der Waals surface area (Å²) in [6, 6.07) is 0. The first-order chi connectivity index (χ1) is 16.1. The molecular weight excluding hydrogens is 462 g/mol. The molecular formula is C26H32F2O7. The smallest absolute Gasteiger partial charge is 0.303 e. The molecule has 0 amide bonds. The van der Waals surface area contributed by atoms with Crippen LogP contribution in [0.15, 0.2) is 23.8 Å². The fourth-order valence-corrected chi connectivity index (χ4v) is 8.08. The predicted octanol–water partition coefficient (Wildman–Crippen LogP) is 2.94. The van der Waals surface area contributed by atoms with E-state index in [2.05, 4.69) is 0 Å². The van der Waals surface area contributed by atoms with Crippen molar-refractivity contribution in [2.45, 2.75) is 89.3 Å². The van der Waals surface area contributed by atoms with E-state index in [1.165, 1.54) is 26.0 Å². The van der Waals surface area contributed by atoms with Gasteiger partial charge < -0.3 is 19.3 Å². The minimum atomic E-state index is -2.27. The zero-order chi connectivity index (χ0) is 25.8. The van der Waals surface area contributed by atoms with Crippen molar-refractivity contribution in [3.05, 3.63) is 23.8 Å². The molecule has 0 aromatic carbocycles. The Balaban J connectivity index is 1.62. The van der Waals surface area contributed by atoms with E-state index in [0.29, 0.717) is 0 Å². The third-order valence-corrected chi connectivity index (χ3v) is 9.44. The van der Waals surface area contributed by atoms with E-state index in [9.17, 15) is 19.5 Å². The van der Waals surface area contributed by atoms with Crippen LogP contribution in [0.2, 0.25) is 0 Å². The summed E-state index contributed by atoms with van der Waals surface area (Å²) in [4.78, 5) is 37.1. The van der Waals surface area contributed by atoms with E-state index >= 15 is 8.78 Å². The van der Waals surface area contributed by atoms with Crippen LogP contribution in [-0.4, -0.2) is 64.7 Å². The van der Waals surface area contributed by atoms with Crippen LogP contribution in [0.1, 0.15) is 53.9 Å². The van der Waals surface area contributed by atoms with Crippen molar-refractivity contribution in [1.29, 1.82) is 0 Å². The van der Waals surface area contributed by atoms with Crippen LogP contribution < -0.4 is 0 Å². The first-order valence-corrected chi connectivity index (χ1v) is 12.1. The van der Waals surface area contributed by atoms with Gasteiger partial charge in [-0.2, -0.15) is 0 Å². The molecule has 0 aromatic heterocycles. The summed E-state index contributed by atoms with van der Waals surface area (Å²) in [5.41, 5.74) is -6.46. The second-order valence-corrected chi connectivity index (χ2v) is 11.6. The summed E-state index contributed by atoms with van der Waals surface area (Å²) in [7, 11) is 0. The zero-order valence-electron chi connectivity index (χ0n) is 20.6. The number of ether oxygens (including phenoxy) is 3. The molecule has 5 aliphatic rings. The maximum Gasteiger partial charge on any atom is 0.303 e. The average molecular weight is 495 g/mol. The standard InChI is InChI=1S/C26H32F2O7/c1-13(29)33-12-20(32)26-21(34-22(2,3)35-26)10-15-16-9-18(27)17-8-14(30)6-7-23(17,4)25(16,28)19(31)11-24(15,26)5/h6-8,15-16,18-19,21,31H,9-12H2,1-5H3/t15-,16+,18?,19?,21+,23-,24-,25-,26+/m0/s1. The second-order valence-electron chi connectivity index (χ2n) is 11.6. The largest absolute Gasteiger partial charge is 0.458 e. The van der Waals surface area contributed by atoms with Gasteiger partial charge >= 0.3 is 5.97 Å². The maximum absolute atomic E-state index is 17.3. The molecule has 1 aliphatic heterocycles. The topological polar surface area (TPSA) is 99.1 Å². The molecule has 1 saturated heterocycles. The zero-order valence-corrected chi connectivity index (χ0v) is 20.6. The van der Waals surface area contributed by atoms with E-state index in [1.807, 2.05) is 0 Å². The summed E-state index contributed by atoms with van der Waals surface area (Å²) >= 11 is 0. The number of carbonyl (C=O) groups is 3. The van der Waals surface area contributed by atoms with Gasteiger partial charge in [0, 0.05) is 23.7 Å². The number of fused-ring (bicyclic) bond motifs is 7. The van der Waals surface area contributed by atoms with Crippen LogP contribution in [0.25, 0.3) is 0 Å². The van der Waals surface area contributed by atoms with Gasteiger partial charge in [-0.1, -0.05) is 13.0 Å². The summed E-state index contributed by atoms with van der Waals surface area (Å²) in [5.74, 6) is -4.23. The number of alkyl halides is 2. The Labute approximate surface area is 202 Å². The normalized spacial score (nSPS) is 49.4. The second kappa shape index (κ2) is 7.29. The Morgan fingerprint density at radius 3 is 2.54 bits per heavy atom. The molecule has 9 heteroatoms. The van der Waals surface area contributed by atoms with E-state index in [4.69, 9.17) is 14.2 Å². The van der Waals surface area contributed by atoms with Gasteiger partial charge in [-0.05, 0) is 63.7 Å². The summed E-state index contributed by atoms with van der Waals surface area (Å²) in [6.07, 6.45) is -0.345. The summed E-state index contributed by atoms with van der Waals surface area (Å²) in [6.45, 7) is 7.28. The van der Waals surface area contributed by atoms with Crippen molar-refractivity contribution in [2.75, 3.05) is 6.61 Å². The van der Waals surface area contributed by atoms with E-state index < -0.39 is 82.2 Å². The predicted molar refractivity (Wildman–Crippen MR) is 118 cm³/mol. The molecule has 7 nitrogen and oxygen atoms in total. The molecule has 9 atom stereocenters. The highest BCUT2D eigenvalue weighted by atomic mass is 19.1. The molecule has 192 valence electrons. The van der Waals surface area contributed by atoms with Gasteiger partial charge in [0.25, 0.3) is 0 Å². The maximum atomic E-state index is 17.3. The number of ketones is 2. The molecule has 0 radical (unpaired) electrons. The molecule has 2 unspecified atom stereocenters. The number of hydrogen-bond acceptors (Lipinski definition) is 7. The molecule has 4 aliphatic carbocycles. The lowest BCUT2D eigenvalue weighted by atomic mass is 9.44. The van der Waals surface area contributed by atoms with E-state index in [1.54, 1.807) is 20.8 Å². The van der Waals surface area contributed by atoms with Crippen molar-refractivity contribution in [1.82, 2.24) is 0 Å². The van der Waals surface area contributed by atoms with Gasteiger partial charge in [0.1, 0.15) is 6.17 Å². The quantitative estimate of drug-likeness (QED) is 0.603. The fraction of sp³-hybridized carbons (Fsp3) is 0.731. The fourth-order valence-electron chi connectivity index (χ4n) is 8.08. The van der Waals surface area contributed by atoms with Gasteiger partial charge in [-0.25, -0.2) is 8.78 Å². The van der Waals surface area contributed by atoms with Crippen LogP contribution in [0, 0.1) is 22.7 Å². The number of halogens is 2. The highest BCUT2D eigenvalue weighted by molar-refractivity contribution is 6.01. The number of esters is 1. The number of Topliss-reactive ketones (excluding diaryl/α,β-unsaturated/α-hetero) is 1. The third kappa shape index (κ3) is 2.95. The van der Waals surface area contributed by atoms with Crippen molar-refractivity contribution in [2.24, 2.45) is 22.7 Å². The lowest BCUT2D eigenvalue weighted by molar-refractivity contribution is -0.249. The molecule has 1 heterocycles. The number of rotatable bonds is 3. The van der Waals surface area contributed by atoms with Gasteiger partial charge in [-0.3, -0.25) is 14.4 Å². The molecule has 5 rings (SSSR count). The highest BCUT2D eigenvalue weighted by Crippen LogP contribution is 2.72. The van der Waals surface area contributed by atoms with Crippen LogP contribution in [0.3, 0.4) is 0 Å². The number of aliphatic hydroxyl groups excluding tert-OH is 1. The summed E-state index contributed by atoms with van der Waals surface area (Å²) < 4.78 is 50.3. The van der Waals surface area contributed by atoms with Crippen molar-refractivity contribution < 1.29 is 42.5 Å². The van der Waals surface area contributed by atoms with E-state index in [0.717, 1.165) is 6.08 Å². The SMILES string of the molecule is CC(=O)OCC(=O)[C@@]12OC(C)(C)O[C@@H]1C[C@H]1[C@H]3CC(F)C4=CC(=O)C=C[C@]4(C)[C@@]3(F)C(O)C[C@@]12C. The van der Waals surface area contributed by atoms with Gasteiger partial charge in [-0.15, -0.1) is 0 Å². The molecule has 0 spiro atoms. The van der Waals surface area contributed by atoms with Crippen LogP contribution in [-0.2, 0) is 28.6 Å². The molecule has 3 saturated carbocycles. The molecule has 0 aromatic rings.